The number of hydrogen-bond donors (Lipinski definition) is 2. The van der Waals surface area contributed by atoms with Crippen LogP contribution in [0.1, 0.15) is 116 Å². The Kier molecular flexibility index (Phi) is 13.3. The van der Waals surface area contributed by atoms with Gasteiger partial charge < -0.3 is 10.2 Å². The maximum atomic E-state index is 11.3. The molecule has 0 heterocycles. The molecule has 0 saturated heterocycles. The first-order valence-corrected chi connectivity index (χ1v) is 11.5. The summed E-state index contributed by atoms with van der Waals surface area (Å²) in [6.07, 6.45) is 19.6. The summed E-state index contributed by atoms with van der Waals surface area (Å²) in [5.74, 6) is -0.933. The Morgan fingerprint density at radius 3 is 1.44 bits per heavy atom. The standard InChI is InChI=1S/C23H42O4/c1-2-3-4-5-6-7-8-9-10-11-12-13-16-19-20(22(19)23(26)27)17-14-15-18-21(24)25/h19-20,22H,2-18H2,1H3,(H,24,25)(H,26,27). The number of carboxylic acids is 2. The first kappa shape index (κ1) is 24.0. The van der Waals surface area contributed by atoms with E-state index in [0.29, 0.717) is 18.3 Å². The lowest BCUT2D eigenvalue weighted by atomic mass is 10.0. The second-order valence-corrected chi connectivity index (χ2v) is 8.51. The molecule has 0 bridgehead atoms. The highest BCUT2D eigenvalue weighted by atomic mass is 16.4. The molecule has 1 saturated carbocycles. The van der Waals surface area contributed by atoms with Gasteiger partial charge in [-0.2, -0.15) is 0 Å². The fourth-order valence-electron chi connectivity index (χ4n) is 4.48. The molecule has 4 nitrogen and oxygen atoms in total. The van der Waals surface area contributed by atoms with Crippen LogP contribution >= 0.6 is 0 Å². The Morgan fingerprint density at radius 1 is 0.630 bits per heavy atom. The van der Waals surface area contributed by atoms with Crippen LogP contribution in [0.5, 0.6) is 0 Å². The predicted molar refractivity (Wildman–Crippen MR) is 110 cm³/mol. The van der Waals surface area contributed by atoms with E-state index in [1.807, 2.05) is 0 Å². The van der Waals surface area contributed by atoms with E-state index in [1.165, 1.54) is 70.6 Å². The van der Waals surface area contributed by atoms with Crippen molar-refractivity contribution in [3.05, 3.63) is 0 Å². The fraction of sp³-hybridized carbons (Fsp3) is 0.913. The van der Waals surface area contributed by atoms with Crippen molar-refractivity contribution in [3.63, 3.8) is 0 Å². The van der Waals surface area contributed by atoms with Crippen molar-refractivity contribution >= 4 is 11.9 Å². The summed E-state index contributed by atoms with van der Waals surface area (Å²) < 4.78 is 0. The second-order valence-electron chi connectivity index (χ2n) is 8.51. The summed E-state index contributed by atoms with van der Waals surface area (Å²) in [4.78, 5) is 21.9. The minimum Gasteiger partial charge on any atom is -0.481 e. The van der Waals surface area contributed by atoms with Gasteiger partial charge in [-0.3, -0.25) is 9.59 Å². The molecule has 0 amide bonds. The highest BCUT2D eigenvalue weighted by molar-refractivity contribution is 5.74. The minimum atomic E-state index is -0.756. The smallest absolute Gasteiger partial charge is 0.307 e. The maximum absolute atomic E-state index is 11.3. The maximum Gasteiger partial charge on any atom is 0.307 e. The molecule has 0 spiro atoms. The molecular weight excluding hydrogens is 340 g/mol. The van der Waals surface area contributed by atoms with E-state index >= 15 is 0 Å². The minimum absolute atomic E-state index is 0.164. The van der Waals surface area contributed by atoms with Crippen LogP contribution < -0.4 is 0 Å². The monoisotopic (exact) mass is 382 g/mol. The number of carbonyl (C=O) groups is 2. The van der Waals surface area contributed by atoms with Crippen LogP contribution in [0.3, 0.4) is 0 Å². The van der Waals surface area contributed by atoms with Gasteiger partial charge >= 0.3 is 11.9 Å². The lowest BCUT2D eigenvalue weighted by Crippen LogP contribution is -2.01. The van der Waals surface area contributed by atoms with E-state index in [4.69, 9.17) is 5.11 Å². The van der Waals surface area contributed by atoms with E-state index < -0.39 is 11.9 Å². The molecule has 1 fully saturated rings. The molecule has 1 aliphatic rings. The van der Waals surface area contributed by atoms with Gasteiger partial charge in [-0.25, -0.2) is 0 Å². The summed E-state index contributed by atoms with van der Waals surface area (Å²) in [6, 6.07) is 0. The fourth-order valence-corrected chi connectivity index (χ4v) is 4.48. The zero-order chi connectivity index (χ0) is 19.9. The Bertz CT molecular complexity index is 407. The number of aliphatic carboxylic acids is 2. The van der Waals surface area contributed by atoms with Crippen LogP contribution in [0.25, 0.3) is 0 Å². The summed E-state index contributed by atoms with van der Waals surface area (Å²) in [5.41, 5.74) is 0. The average molecular weight is 383 g/mol. The van der Waals surface area contributed by atoms with Crippen molar-refractivity contribution in [1.82, 2.24) is 0 Å². The highest BCUT2D eigenvalue weighted by Gasteiger charge is 2.53. The van der Waals surface area contributed by atoms with Crippen molar-refractivity contribution in [2.75, 3.05) is 0 Å². The molecule has 1 rings (SSSR count). The summed E-state index contributed by atoms with van der Waals surface area (Å²) in [5, 5.41) is 18.0. The molecular formula is C23H42O4. The normalized spacial score (nSPS) is 21.3. The van der Waals surface area contributed by atoms with E-state index in [1.54, 1.807) is 0 Å². The molecule has 27 heavy (non-hydrogen) atoms. The third-order valence-corrected chi connectivity index (χ3v) is 6.19. The zero-order valence-electron chi connectivity index (χ0n) is 17.5. The van der Waals surface area contributed by atoms with Gasteiger partial charge in [0.1, 0.15) is 0 Å². The van der Waals surface area contributed by atoms with Crippen LogP contribution in [-0.2, 0) is 9.59 Å². The quantitative estimate of drug-likeness (QED) is 0.245. The molecule has 2 N–H and O–H groups in total. The van der Waals surface area contributed by atoms with Crippen molar-refractivity contribution in [2.24, 2.45) is 17.8 Å². The van der Waals surface area contributed by atoms with Gasteiger partial charge in [-0.05, 0) is 31.1 Å². The number of carboxylic acid groups (broad SMARTS) is 2. The van der Waals surface area contributed by atoms with Crippen LogP contribution in [0, 0.1) is 17.8 Å². The third-order valence-electron chi connectivity index (χ3n) is 6.19. The number of rotatable bonds is 19. The van der Waals surface area contributed by atoms with E-state index in [9.17, 15) is 14.7 Å². The molecule has 3 unspecified atom stereocenters. The molecule has 1 aliphatic carbocycles. The van der Waals surface area contributed by atoms with Crippen molar-refractivity contribution in [3.8, 4) is 0 Å². The van der Waals surface area contributed by atoms with Gasteiger partial charge in [0.2, 0.25) is 0 Å². The zero-order valence-corrected chi connectivity index (χ0v) is 17.5. The van der Waals surface area contributed by atoms with Crippen LogP contribution in [0.4, 0.5) is 0 Å². The molecule has 0 aromatic heterocycles. The Labute approximate surface area is 166 Å². The van der Waals surface area contributed by atoms with Gasteiger partial charge in [-0.1, -0.05) is 90.4 Å². The molecule has 4 heteroatoms. The van der Waals surface area contributed by atoms with E-state index in [0.717, 1.165) is 25.7 Å². The van der Waals surface area contributed by atoms with Crippen molar-refractivity contribution in [2.45, 2.75) is 116 Å². The third kappa shape index (κ3) is 11.4. The number of unbranched alkanes of at least 4 members (excludes halogenated alkanes) is 12. The Morgan fingerprint density at radius 2 is 1.04 bits per heavy atom. The molecule has 0 aliphatic heterocycles. The van der Waals surface area contributed by atoms with Crippen LogP contribution in [0.2, 0.25) is 0 Å². The predicted octanol–water partition coefficient (Wildman–Crippen LogP) is 6.67. The lowest BCUT2D eigenvalue weighted by molar-refractivity contribution is -0.139. The summed E-state index contributed by atoms with van der Waals surface area (Å²) in [6.45, 7) is 2.26. The highest BCUT2D eigenvalue weighted by Crippen LogP contribution is 2.52. The van der Waals surface area contributed by atoms with Gasteiger partial charge in [0.25, 0.3) is 0 Å². The second kappa shape index (κ2) is 14.9. The Balaban J connectivity index is 1.95. The molecule has 158 valence electrons. The molecule has 0 aromatic carbocycles. The van der Waals surface area contributed by atoms with Crippen molar-refractivity contribution in [1.29, 1.82) is 0 Å². The first-order valence-electron chi connectivity index (χ1n) is 11.5. The first-order chi connectivity index (χ1) is 13.1. The summed E-state index contributed by atoms with van der Waals surface area (Å²) in [7, 11) is 0. The molecule has 3 atom stereocenters. The molecule has 0 radical (unpaired) electrons. The topological polar surface area (TPSA) is 74.6 Å². The van der Waals surface area contributed by atoms with Gasteiger partial charge in [0, 0.05) is 6.42 Å². The number of hydrogen-bond acceptors (Lipinski definition) is 2. The lowest BCUT2D eigenvalue weighted by Gasteiger charge is -2.03. The Hall–Kier alpha value is -1.06. The van der Waals surface area contributed by atoms with Crippen molar-refractivity contribution < 1.29 is 19.8 Å². The molecule has 0 aromatic rings. The van der Waals surface area contributed by atoms with E-state index in [-0.39, 0.29) is 12.3 Å². The summed E-state index contributed by atoms with van der Waals surface area (Å²) >= 11 is 0. The van der Waals surface area contributed by atoms with Gasteiger partial charge in [0.15, 0.2) is 0 Å². The van der Waals surface area contributed by atoms with Crippen LogP contribution in [-0.4, -0.2) is 22.2 Å². The largest absolute Gasteiger partial charge is 0.481 e. The average Bonchev–Trinajstić information content (AvgIpc) is 3.32. The van der Waals surface area contributed by atoms with Gasteiger partial charge in [0.05, 0.1) is 5.92 Å². The van der Waals surface area contributed by atoms with Gasteiger partial charge in [-0.15, -0.1) is 0 Å². The van der Waals surface area contributed by atoms with Crippen LogP contribution in [0.15, 0.2) is 0 Å². The van der Waals surface area contributed by atoms with E-state index in [2.05, 4.69) is 6.92 Å². The SMILES string of the molecule is CCCCCCCCCCCCCCC1C(CCCCC(=O)O)C1C(=O)O.